The third-order valence-electron chi connectivity index (χ3n) is 2.82. The molecule has 0 aliphatic heterocycles. The second kappa shape index (κ2) is 5.57. The van der Waals surface area contributed by atoms with Gasteiger partial charge in [0.1, 0.15) is 23.2 Å². The Labute approximate surface area is 115 Å². The predicted molar refractivity (Wildman–Crippen MR) is 73.1 cm³/mol. The molecule has 20 heavy (non-hydrogen) atoms. The lowest BCUT2D eigenvalue weighted by Crippen LogP contribution is -2.13. The number of aromatic amines is 1. The summed E-state index contributed by atoms with van der Waals surface area (Å²) in [6.07, 6.45) is 0. The molecule has 1 aromatic heterocycles. The van der Waals surface area contributed by atoms with Gasteiger partial charge in [-0.15, -0.1) is 0 Å². The average Bonchev–Trinajstić information content (AvgIpc) is 2.38. The molecule has 1 aromatic carbocycles. The first kappa shape index (κ1) is 13.8. The van der Waals surface area contributed by atoms with Gasteiger partial charge in [-0.2, -0.15) is 5.26 Å². The summed E-state index contributed by atoms with van der Waals surface area (Å²) < 4.78 is 19.3. The molecule has 1 heterocycles. The normalized spacial score (nSPS) is 10.1. The van der Waals surface area contributed by atoms with Gasteiger partial charge in [0, 0.05) is 22.9 Å². The SMILES string of the molecule is CCOc1ccc(-c2cc(C)[nH]c(=O)c2C#N)c(F)c1. The molecule has 0 aliphatic rings. The first-order valence-electron chi connectivity index (χ1n) is 6.13. The Hall–Kier alpha value is -2.61. The van der Waals surface area contributed by atoms with Gasteiger partial charge in [0.25, 0.3) is 5.56 Å². The molecule has 0 radical (unpaired) electrons. The maximum absolute atomic E-state index is 14.1. The number of nitriles is 1. The molecule has 2 rings (SSSR count). The molecular formula is C15H13FN2O2. The van der Waals surface area contributed by atoms with Crippen LogP contribution in [0.1, 0.15) is 18.2 Å². The minimum Gasteiger partial charge on any atom is -0.494 e. The van der Waals surface area contributed by atoms with Crippen molar-refractivity contribution in [1.29, 1.82) is 5.26 Å². The lowest BCUT2D eigenvalue weighted by atomic mass is 10.0. The third kappa shape index (κ3) is 2.54. The molecule has 0 fully saturated rings. The number of nitrogens with zero attached hydrogens (tertiary/aromatic N) is 1. The number of ether oxygens (including phenoxy) is 1. The van der Waals surface area contributed by atoms with Crippen molar-refractivity contribution in [1.82, 2.24) is 4.98 Å². The van der Waals surface area contributed by atoms with Gasteiger partial charge in [-0.05, 0) is 32.0 Å². The van der Waals surface area contributed by atoms with E-state index in [-0.39, 0.29) is 16.7 Å². The maximum Gasteiger partial charge on any atom is 0.266 e. The first-order chi connectivity index (χ1) is 9.56. The zero-order chi connectivity index (χ0) is 14.7. The number of hydrogen-bond donors (Lipinski definition) is 1. The molecule has 0 saturated heterocycles. The Morgan fingerprint density at radius 3 is 2.70 bits per heavy atom. The number of aromatic nitrogens is 1. The van der Waals surface area contributed by atoms with Gasteiger partial charge >= 0.3 is 0 Å². The minimum atomic E-state index is -0.530. The minimum absolute atomic E-state index is 0.0985. The number of aryl methyl sites for hydroxylation is 1. The predicted octanol–water partition coefficient (Wildman–Crippen LogP) is 2.76. The van der Waals surface area contributed by atoms with Crippen LogP contribution in [0.4, 0.5) is 4.39 Å². The van der Waals surface area contributed by atoms with Gasteiger partial charge < -0.3 is 9.72 Å². The van der Waals surface area contributed by atoms with Crippen LogP contribution in [0.3, 0.4) is 0 Å². The molecule has 0 amide bonds. The summed E-state index contributed by atoms with van der Waals surface area (Å²) in [7, 11) is 0. The zero-order valence-corrected chi connectivity index (χ0v) is 11.2. The molecule has 0 spiro atoms. The summed E-state index contributed by atoms with van der Waals surface area (Å²) in [6, 6.07) is 7.76. The number of pyridine rings is 1. The number of benzene rings is 1. The van der Waals surface area contributed by atoms with E-state index in [9.17, 15) is 9.18 Å². The molecule has 0 bridgehead atoms. The fourth-order valence-corrected chi connectivity index (χ4v) is 1.98. The summed E-state index contributed by atoms with van der Waals surface area (Å²) in [5.41, 5.74) is 0.445. The lowest BCUT2D eigenvalue weighted by molar-refractivity contribution is 0.338. The van der Waals surface area contributed by atoms with Crippen LogP contribution in [0, 0.1) is 24.1 Å². The van der Waals surface area contributed by atoms with Gasteiger partial charge in [0.15, 0.2) is 0 Å². The number of rotatable bonds is 3. The van der Waals surface area contributed by atoms with E-state index >= 15 is 0 Å². The number of nitrogens with one attached hydrogen (secondary N) is 1. The van der Waals surface area contributed by atoms with Gasteiger partial charge in [0.2, 0.25) is 0 Å². The van der Waals surface area contributed by atoms with Crippen molar-refractivity contribution in [3.63, 3.8) is 0 Å². The Morgan fingerprint density at radius 2 is 2.10 bits per heavy atom. The van der Waals surface area contributed by atoms with Crippen molar-refractivity contribution >= 4 is 0 Å². The highest BCUT2D eigenvalue weighted by Crippen LogP contribution is 2.27. The van der Waals surface area contributed by atoms with Crippen molar-refractivity contribution in [3.05, 3.63) is 51.7 Å². The molecule has 4 nitrogen and oxygen atoms in total. The van der Waals surface area contributed by atoms with Crippen LogP contribution in [0.15, 0.2) is 29.1 Å². The fraction of sp³-hybridized carbons (Fsp3) is 0.200. The monoisotopic (exact) mass is 272 g/mol. The lowest BCUT2D eigenvalue weighted by Gasteiger charge is -2.09. The average molecular weight is 272 g/mol. The Morgan fingerprint density at radius 1 is 1.35 bits per heavy atom. The van der Waals surface area contributed by atoms with Crippen LogP contribution < -0.4 is 10.3 Å². The highest BCUT2D eigenvalue weighted by Gasteiger charge is 2.14. The molecule has 1 N–H and O–H groups in total. The van der Waals surface area contributed by atoms with E-state index in [0.29, 0.717) is 18.1 Å². The zero-order valence-electron chi connectivity index (χ0n) is 11.2. The highest BCUT2D eigenvalue weighted by molar-refractivity contribution is 5.71. The summed E-state index contributed by atoms with van der Waals surface area (Å²) in [5, 5.41) is 9.06. The van der Waals surface area contributed by atoms with Crippen LogP contribution in [-0.4, -0.2) is 11.6 Å². The Kier molecular flexibility index (Phi) is 3.85. The van der Waals surface area contributed by atoms with E-state index in [4.69, 9.17) is 10.00 Å². The van der Waals surface area contributed by atoms with Gasteiger partial charge in [0.05, 0.1) is 6.61 Å². The second-order valence-corrected chi connectivity index (χ2v) is 4.26. The molecule has 5 heteroatoms. The Balaban J connectivity index is 2.63. The highest BCUT2D eigenvalue weighted by atomic mass is 19.1. The topological polar surface area (TPSA) is 65.9 Å². The van der Waals surface area contributed by atoms with Crippen LogP contribution in [0.2, 0.25) is 0 Å². The van der Waals surface area contributed by atoms with E-state index < -0.39 is 11.4 Å². The van der Waals surface area contributed by atoms with Crippen molar-refractivity contribution < 1.29 is 9.13 Å². The van der Waals surface area contributed by atoms with E-state index in [1.165, 1.54) is 12.1 Å². The van der Waals surface area contributed by atoms with Crippen LogP contribution in [-0.2, 0) is 0 Å². The molecule has 102 valence electrons. The molecular weight excluding hydrogens is 259 g/mol. The van der Waals surface area contributed by atoms with Gasteiger partial charge in [-0.1, -0.05) is 0 Å². The summed E-state index contributed by atoms with van der Waals surface area (Å²) in [5.74, 6) is -0.119. The quantitative estimate of drug-likeness (QED) is 0.934. The van der Waals surface area contributed by atoms with Crippen molar-refractivity contribution in [2.45, 2.75) is 13.8 Å². The largest absolute Gasteiger partial charge is 0.494 e. The maximum atomic E-state index is 14.1. The number of H-pyrrole nitrogens is 1. The summed E-state index contributed by atoms with van der Waals surface area (Å²) in [6.45, 7) is 3.92. The summed E-state index contributed by atoms with van der Waals surface area (Å²) >= 11 is 0. The number of hydrogen-bond acceptors (Lipinski definition) is 3. The molecule has 2 aromatic rings. The number of halogens is 1. The molecule has 0 atom stereocenters. The van der Waals surface area contributed by atoms with Gasteiger partial charge in [-0.3, -0.25) is 4.79 Å². The van der Waals surface area contributed by atoms with E-state index in [1.807, 2.05) is 6.07 Å². The van der Waals surface area contributed by atoms with E-state index in [2.05, 4.69) is 4.98 Å². The standard InChI is InChI=1S/C15H13FN2O2/c1-3-20-10-4-5-11(14(16)7-10)12-6-9(2)18-15(19)13(12)8-17/h4-7H,3H2,1-2H3,(H,18,19). The van der Waals surface area contributed by atoms with Crippen molar-refractivity contribution in [2.24, 2.45) is 0 Å². The van der Waals surface area contributed by atoms with Crippen molar-refractivity contribution in [3.8, 4) is 22.9 Å². The molecule has 0 unspecified atom stereocenters. The van der Waals surface area contributed by atoms with Crippen LogP contribution >= 0.6 is 0 Å². The molecule has 0 saturated carbocycles. The van der Waals surface area contributed by atoms with Crippen molar-refractivity contribution in [2.75, 3.05) is 6.61 Å². The third-order valence-corrected chi connectivity index (χ3v) is 2.82. The smallest absolute Gasteiger partial charge is 0.266 e. The van der Waals surface area contributed by atoms with E-state index in [0.717, 1.165) is 0 Å². The summed E-state index contributed by atoms with van der Waals surface area (Å²) in [4.78, 5) is 14.2. The first-order valence-corrected chi connectivity index (χ1v) is 6.13. The molecule has 0 aliphatic carbocycles. The van der Waals surface area contributed by atoms with Gasteiger partial charge in [-0.25, -0.2) is 4.39 Å². The van der Waals surface area contributed by atoms with Crippen LogP contribution in [0.25, 0.3) is 11.1 Å². The fourth-order valence-electron chi connectivity index (χ4n) is 1.98. The van der Waals surface area contributed by atoms with E-state index in [1.54, 1.807) is 26.0 Å². The second-order valence-electron chi connectivity index (χ2n) is 4.26. The Bertz CT molecular complexity index is 745. The van der Waals surface area contributed by atoms with Crippen LogP contribution in [0.5, 0.6) is 5.75 Å².